The minimum Gasteiger partial charge on any atom is -0.349 e. The summed E-state index contributed by atoms with van der Waals surface area (Å²) in [5.41, 5.74) is 0.0599. The Balaban J connectivity index is 1.59. The van der Waals surface area contributed by atoms with E-state index in [4.69, 9.17) is 0 Å². The number of amides is 1. The first-order chi connectivity index (χ1) is 12.4. The number of carbonyl (C=O) groups is 1. The van der Waals surface area contributed by atoms with E-state index in [1.165, 1.54) is 30.9 Å². The van der Waals surface area contributed by atoms with Crippen molar-refractivity contribution in [3.05, 3.63) is 47.8 Å². The second-order valence-electron chi connectivity index (χ2n) is 6.30. The summed E-state index contributed by atoms with van der Waals surface area (Å²) in [5, 5.41) is 5.79. The maximum Gasteiger partial charge on any atom is 0.416 e. The second kappa shape index (κ2) is 7.72. The normalized spacial score (nSPS) is 15.5. The van der Waals surface area contributed by atoms with Crippen molar-refractivity contribution in [2.45, 2.75) is 44.3 Å². The van der Waals surface area contributed by atoms with Crippen LogP contribution in [0.4, 0.5) is 24.8 Å². The average molecular weight is 364 g/mol. The summed E-state index contributed by atoms with van der Waals surface area (Å²) < 4.78 is 37.7. The molecule has 3 rings (SSSR count). The fourth-order valence-electron chi connectivity index (χ4n) is 2.90. The molecule has 0 saturated heterocycles. The molecule has 0 aliphatic heterocycles. The van der Waals surface area contributed by atoms with Crippen LogP contribution in [0.25, 0.3) is 0 Å². The lowest BCUT2D eigenvalue weighted by Gasteiger charge is -2.22. The van der Waals surface area contributed by atoms with Gasteiger partial charge in [0, 0.05) is 24.1 Å². The fourth-order valence-corrected chi connectivity index (χ4v) is 2.90. The number of anilines is 2. The maximum atomic E-state index is 12.6. The number of nitrogens with zero attached hydrogens (tertiary/aromatic N) is 2. The molecular formula is C18H19F3N4O. The first-order valence-electron chi connectivity index (χ1n) is 8.49. The predicted octanol–water partition coefficient (Wildman–Crippen LogP) is 4.30. The molecule has 26 heavy (non-hydrogen) atoms. The molecule has 2 aromatic rings. The third-order valence-electron chi connectivity index (χ3n) is 4.32. The number of nitrogens with one attached hydrogen (secondary N) is 2. The van der Waals surface area contributed by atoms with Crippen LogP contribution < -0.4 is 10.6 Å². The number of hydrogen-bond donors (Lipinski definition) is 2. The Bertz CT molecular complexity index is 739. The molecule has 0 radical (unpaired) electrons. The number of rotatable bonds is 4. The van der Waals surface area contributed by atoms with Crippen molar-refractivity contribution in [1.82, 2.24) is 15.3 Å². The zero-order valence-electron chi connectivity index (χ0n) is 14.0. The van der Waals surface area contributed by atoms with Gasteiger partial charge in [-0.2, -0.15) is 13.2 Å². The van der Waals surface area contributed by atoms with Crippen LogP contribution in [0.5, 0.6) is 0 Å². The summed E-state index contributed by atoms with van der Waals surface area (Å²) in [6.45, 7) is 0. The van der Waals surface area contributed by atoms with Crippen LogP contribution in [0.2, 0.25) is 0 Å². The van der Waals surface area contributed by atoms with Gasteiger partial charge < -0.3 is 10.6 Å². The van der Waals surface area contributed by atoms with Crippen molar-refractivity contribution in [1.29, 1.82) is 0 Å². The van der Waals surface area contributed by atoms with Crippen molar-refractivity contribution >= 4 is 17.5 Å². The van der Waals surface area contributed by atoms with Crippen LogP contribution in [-0.4, -0.2) is 21.9 Å². The summed E-state index contributed by atoms with van der Waals surface area (Å²) >= 11 is 0. The first kappa shape index (κ1) is 18.2. The van der Waals surface area contributed by atoms with E-state index in [0.717, 1.165) is 37.8 Å². The Labute approximate surface area is 149 Å². The molecular weight excluding hydrogens is 345 g/mol. The van der Waals surface area contributed by atoms with Crippen LogP contribution in [0.15, 0.2) is 36.7 Å². The van der Waals surface area contributed by atoms with Crippen molar-refractivity contribution < 1.29 is 18.0 Å². The molecule has 1 amide bonds. The molecule has 138 valence electrons. The summed E-state index contributed by atoms with van der Waals surface area (Å²) in [7, 11) is 0. The smallest absolute Gasteiger partial charge is 0.349 e. The third-order valence-corrected chi connectivity index (χ3v) is 4.32. The lowest BCUT2D eigenvalue weighted by Crippen LogP contribution is -2.36. The second-order valence-corrected chi connectivity index (χ2v) is 6.30. The van der Waals surface area contributed by atoms with E-state index in [2.05, 4.69) is 20.6 Å². The molecule has 1 fully saturated rings. The molecule has 1 aromatic carbocycles. The van der Waals surface area contributed by atoms with Gasteiger partial charge in [-0.05, 0) is 37.1 Å². The molecule has 2 N–H and O–H groups in total. The number of hydrogen-bond acceptors (Lipinski definition) is 4. The Hall–Kier alpha value is -2.64. The highest BCUT2D eigenvalue weighted by molar-refractivity contribution is 5.93. The molecule has 5 nitrogen and oxygen atoms in total. The SMILES string of the molecule is O=C(NC1CCCCC1)c1cnc(Nc2ccc(C(F)(F)F)cc2)nc1. The topological polar surface area (TPSA) is 66.9 Å². The Morgan fingerprint density at radius 3 is 2.19 bits per heavy atom. The van der Waals surface area contributed by atoms with Gasteiger partial charge in [-0.15, -0.1) is 0 Å². The van der Waals surface area contributed by atoms with E-state index in [9.17, 15) is 18.0 Å². The van der Waals surface area contributed by atoms with Crippen molar-refractivity contribution in [2.75, 3.05) is 5.32 Å². The highest BCUT2D eigenvalue weighted by atomic mass is 19.4. The quantitative estimate of drug-likeness (QED) is 0.849. The number of alkyl halides is 3. The van der Waals surface area contributed by atoms with Crippen LogP contribution in [0.3, 0.4) is 0 Å². The van der Waals surface area contributed by atoms with Gasteiger partial charge in [-0.25, -0.2) is 9.97 Å². The van der Waals surface area contributed by atoms with E-state index in [1.54, 1.807) is 0 Å². The molecule has 1 aliphatic carbocycles. The number of halogens is 3. The maximum absolute atomic E-state index is 12.6. The number of carbonyl (C=O) groups excluding carboxylic acids is 1. The molecule has 0 unspecified atom stereocenters. The van der Waals surface area contributed by atoms with Crippen molar-refractivity contribution in [2.24, 2.45) is 0 Å². The summed E-state index contributed by atoms with van der Waals surface area (Å²) in [6, 6.07) is 4.76. The Kier molecular flexibility index (Phi) is 5.39. The molecule has 1 aliphatic rings. The summed E-state index contributed by atoms with van der Waals surface area (Å²) in [4.78, 5) is 20.3. The van der Waals surface area contributed by atoms with Gasteiger partial charge in [0.05, 0.1) is 11.1 Å². The summed E-state index contributed by atoms with van der Waals surface area (Å²) in [5.74, 6) is -0.00282. The average Bonchev–Trinajstić information content (AvgIpc) is 2.63. The van der Waals surface area contributed by atoms with Gasteiger partial charge in [-0.3, -0.25) is 4.79 Å². The van der Waals surface area contributed by atoms with E-state index in [-0.39, 0.29) is 17.9 Å². The first-order valence-corrected chi connectivity index (χ1v) is 8.49. The van der Waals surface area contributed by atoms with Crippen molar-refractivity contribution in [3.63, 3.8) is 0 Å². The van der Waals surface area contributed by atoms with E-state index < -0.39 is 11.7 Å². The molecule has 0 spiro atoms. The molecule has 1 aromatic heterocycles. The fraction of sp³-hybridized carbons (Fsp3) is 0.389. The largest absolute Gasteiger partial charge is 0.416 e. The van der Waals surface area contributed by atoms with Gasteiger partial charge in [0.2, 0.25) is 5.95 Å². The number of aromatic nitrogens is 2. The zero-order valence-corrected chi connectivity index (χ0v) is 14.0. The van der Waals surface area contributed by atoms with Crippen molar-refractivity contribution in [3.8, 4) is 0 Å². The lowest BCUT2D eigenvalue weighted by atomic mass is 9.95. The Morgan fingerprint density at radius 2 is 1.62 bits per heavy atom. The van der Waals surface area contributed by atoms with Gasteiger partial charge in [-0.1, -0.05) is 19.3 Å². The van der Waals surface area contributed by atoms with Gasteiger partial charge in [0.1, 0.15) is 0 Å². The monoisotopic (exact) mass is 364 g/mol. The van der Waals surface area contributed by atoms with Gasteiger partial charge in [0.15, 0.2) is 0 Å². The van der Waals surface area contributed by atoms with Crippen LogP contribution in [0.1, 0.15) is 48.0 Å². The standard InChI is InChI=1S/C18H19F3N4O/c19-18(20,21)13-6-8-15(9-7-13)25-17-22-10-12(11-23-17)16(26)24-14-4-2-1-3-5-14/h6-11,14H,1-5H2,(H,24,26)(H,22,23,25). The third kappa shape index (κ3) is 4.71. The Morgan fingerprint density at radius 1 is 1.00 bits per heavy atom. The van der Waals surface area contributed by atoms with Crippen LogP contribution >= 0.6 is 0 Å². The van der Waals surface area contributed by atoms with E-state index in [0.29, 0.717) is 11.3 Å². The lowest BCUT2D eigenvalue weighted by molar-refractivity contribution is -0.137. The minimum absolute atomic E-state index is 0.196. The van der Waals surface area contributed by atoms with Crippen LogP contribution in [0, 0.1) is 0 Å². The minimum atomic E-state index is -4.37. The predicted molar refractivity (Wildman–Crippen MR) is 91.1 cm³/mol. The van der Waals surface area contributed by atoms with Gasteiger partial charge >= 0.3 is 6.18 Å². The number of benzene rings is 1. The van der Waals surface area contributed by atoms with E-state index in [1.807, 2.05) is 0 Å². The molecule has 1 saturated carbocycles. The zero-order chi connectivity index (χ0) is 18.6. The molecule has 1 heterocycles. The van der Waals surface area contributed by atoms with Gasteiger partial charge in [0.25, 0.3) is 5.91 Å². The van der Waals surface area contributed by atoms with Crippen LogP contribution in [-0.2, 0) is 6.18 Å². The highest BCUT2D eigenvalue weighted by Crippen LogP contribution is 2.30. The highest BCUT2D eigenvalue weighted by Gasteiger charge is 2.29. The van der Waals surface area contributed by atoms with E-state index >= 15 is 0 Å². The summed E-state index contributed by atoms with van der Waals surface area (Å²) in [6.07, 6.45) is 3.85. The molecule has 0 bridgehead atoms. The molecule has 8 heteroatoms. The molecule has 0 atom stereocenters.